The maximum atomic E-state index is 5.88. The van der Waals surface area contributed by atoms with E-state index in [1.54, 1.807) is 0 Å². The number of benzene rings is 1. The molecule has 0 N–H and O–H groups in total. The molecule has 21 heavy (non-hydrogen) atoms. The normalized spacial score (nSPS) is 9.10. The lowest BCUT2D eigenvalue weighted by Gasteiger charge is -1.94. The van der Waals surface area contributed by atoms with E-state index in [9.17, 15) is 0 Å². The van der Waals surface area contributed by atoms with Crippen LogP contribution in [0.2, 0.25) is 5.02 Å². The summed E-state index contributed by atoms with van der Waals surface area (Å²) < 4.78 is 0. The van der Waals surface area contributed by atoms with Crippen molar-refractivity contribution in [2.45, 2.75) is 25.7 Å². The Morgan fingerprint density at radius 1 is 0.905 bits per heavy atom. The largest absolute Gasteiger partial charge is 0.127 e. The zero-order valence-electron chi connectivity index (χ0n) is 11.8. The summed E-state index contributed by atoms with van der Waals surface area (Å²) >= 11 is 17.2. The van der Waals surface area contributed by atoms with Gasteiger partial charge in [-0.1, -0.05) is 47.4 Å². The minimum atomic E-state index is 0.631. The molecule has 3 heteroatoms. The lowest BCUT2D eigenvalue weighted by molar-refractivity contribution is 0.990. The molecule has 0 radical (unpaired) electrons. The Morgan fingerprint density at radius 3 is 1.90 bits per heavy atom. The molecule has 0 saturated heterocycles. The Bertz CT molecular complexity index is 534. The van der Waals surface area contributed by atoms with Crippen molar-refractivity contribution in [2.24, 2.45) is 0 Å². The fraction of sp³-hybridized carbons (Fsp3) is 0.333. The molecule has 0 atom stereocenters. The number of hydrogen-bond acceptors (Lipinski definition) is 0. The Morgan fingerprint density at radius 2 is 1.43 bits per heavy atom. The topological polar surface area (TPSA) is 0 Å². The van der Waals surface area contributed by atoms with E-state index in [0.29, 0.717) is 11.8 Å². The van der Waals surface area contributed by atoms with Crippen LogP contribution in [0, 0.1) is 23.7 Å². The molecule has 0 nitrogen and oxygen atoms in total. The third kappa shape index (κ3) is 8.75. The summed E-state index contributed by atoms with van der Waals surface area (Å²) in [5, 5.41) is 0.718. The predicted octanol–water partition coefficient (Wildman–Crippen LogP) is 5.77. The van der Waals surface area contributed by atoms with Gasteiger partial charge in [0.15, 0.2) is 0 Å². The van der Waals surface area contributed by atoms with Crippen molar-refractivity contribution in [1.82, 2.24) is 0 Å². The van der Waals surface area contributed by atoms with E-state index >= 15 is 0 Å². The standard InChI is InChI=1S/C18H17Cl3/c19-13-5-1-3-7-16(8-4-2-6-14-20)15-17-9-11-18(21)12-10-17/h9-12,15H,1-2,5-6,13-14H2. The van der Waals surface area contributed by atoms with Gasteiger partial charge in [-0.2, -0.15) is 0 Å². The highest BCUT2D eigenvalue weighted by Gasteiger charge is 1.92. The van der Waals surface area contributed by atoms with Crippen LogP contribution >= 0.6 is 34.8 Å². The van der Waals surface area contributed by atoms with Crippen LogP contribution < -0.4 is 0 Å². The summed E-state index contributed by atoms with van der Waals surface area (Å²) in [4.78, 5) is 0. The molecule has 1 aromatic rings. The smallest absolute Gasteiger partial charge is 0.0749 e. The molecule has 0 aromatic heterocycles. The van der Waals surface area contributed by atoms with Crippen molar-refractivity contribution in [3.63, 3.8) is 0 Å². The first kappa shape index (κ1) is 18.0. The monoisotopic (exact) mass is 338 g/mol. The number of rotatable bonds is 5. The zero-order valence-corrected chi connectivity index (χ0v) is 14.0. The molecule has 1 rings (SSSR count). The highest BCUT2D eigenvalue weighted by atomic mass is 35.5. The molecule has 0 aliphatic carbocycles. The minimum Gasteiger partial charge on any atom is -0.127 e. The first-order valence-corrected chi connectivity index (χ1v) is 8.28. The van der Waals surface area contributed by atoms with Gasteiger partial charge in [-0.3, -0.25) is 0 Å². The summed E-state index contributed by atoms with van der Waals surface area (Å²) in [5.74, 6) is 13.7. The summed E-state index contributed by atoms with van der Waals surface area (Å²) in [7, 11) is 0. The van der Waals surface area contributed by atoms with Crippen LogP contribution in [0.3, 0.4) is 0 Å². The van der Waals surface area contributed by atoms with E-state index in [4.69, 9.17) is 34.8 Å². The summed E-state index contributed by atoms with van der Waals surface area (Å²) in [6.45, 7) is 0. The molecule has 0 aliphatic heterocycles. The van der Waals surface area contributed by atoms with Gasteiger partial charge in [0.05, 0.1) is 5.57 Å². The Hall–Kier alpha value is -1.05. The van der Waals surface area contributed by atoms with Gasteiger partial charge >= 0.3 is 0 Å². The Balaban J connectivity index is 2.84. The average Bonchev–Trinajstić information content (AvgIpc) is 2.50. The summed E-state index contributed by atoms with van der Waals surface area (Å²) in [6.07, 6.45) is 5.32. The van der Waals surface area contributed by atoms with Gasteiger partial charge in [0.25, 0.3) is 0 Å². The SMILES string of the molecule is ClCCCC#CC(C#CCCCCl)=Cc1ccc(Cl)cc1. The quantitative estimate of drug-likeness (QED) is 0.363. The minimum absolute atomic E-state index is 0.631. The van der Waals surface area contributed by atoms with Gasteiger partial charge in [-0.15, -0.1) is 23.2 Å². The third-order valence-corrected chi connectivity index (χ3v) is 3.28. The zero-order chi connectivity index (χ0) is 15.3. The van der Waals surface area contributed by atoms with E-state index in [-0.39, 0.29) is 0 Å². The molecule has 110 valence electrons. The first-order chi connectivity index (χ1) is 10.3. The maximum Gasteiger partial charge on any atom is 0.0749 e. The molecular formula is C18H17Cl3. The third-order valence-electron chi connectivity index (χ3n) is 2.50. The highest BCUT2D eigenvalue weighted by molar-refractivity contribution is 6.30. The Labute approximate surface area is 142 Å². The fourth-order valence-corrected chi connectivity index (χ4v) is 1.85. The van der Waals surface area contributed by atoms with Gasteiger partial charge in [0, 0.05) is 29.6 Å². The van der Waals surface area contributed by atoms with Crippen LogP contribution in [-0.2, 0) is 0 Å². The number of unbranched alkanes of at least 4 members (excludes halogenated alkanes) is 2. The predicted molar refractivity (Wildman–Crippen MR) is 94.9 cm³/mol. The second-order valence-electron chi connectivity index (χ2n) is 4.30. The number of halogens is 3. The van der Waals surface area contributed by atoms with E-state index in [1.807, 2.05) is 30.3 Å². The molecule has 0 saturated carbocycles. The summed E-state index contributed by atoms with van der Waals surface area (Å²) in [5.41, 5.74) is 1.84. The second kappa shape index (κ2) is 11.6. The first-order valence-electron chi connectivity index (χ1n) is 6.83. The molecule has 0 spiro atoms. The van der Waals surface area contributed by atoms with Gasteiger partial charge in [0.1, 0.15) is 0 Å². The van der Waals surface area contributed by atoms with Gasteiger partial charge in [0.2, 0.25) is 0 Å². The molecule has 0 amide bonds. The van der Waals surface area contributed by atoms with Crippen molar-refractivity contribution in [3.05, 3.63) is 40.4 Å². The average molecular weight is 340 g/mol. The number of alkyl halides is 2. The van der Waals surface area contributed by atoms with Crippen LogP contribution in [-0.4, -0.2) is 11.8 Å². The molecule has 0 unspecified atom stereocenters. The molecule has 0 aliphatic rings. The number of hydrogen-bond donors (Lipinski definition) is 0. The van der Waals surface area contributed by atoms with Gasteiger partial charge in [-0.25, -0.2) is 0 Å². The molecule has 0 bridgehead atoms. The lowest BCUT2D eigenvalue weighted by atomic mass is 10.1. The summed E-state index contributed by atoms with van der Waals surface area (Å²) in [6, 6.07) is 7.60. The van der Waals surface area contributed by atoms with Gasteiger partial charge < -0.3 is 0 Å². The molecular weight excluding hydrogens is 323 g/mol. The van der Waals surface area contributed by atoms with Crippen LogP contribution in [0.4, 0.5) is 0 Å². The van der Waals surface area contributed by atoms with Crippen LogP contribution in [0.25, 0.3) is 6.08 Å². The van der Waals surface area contributed by atoms with Crippen LogP contribution in [0.15, 0.2) is 29.8 Å². The van der Waals surface area contributed by atoms with E-state index in [1.165, 1.54) is 0 Å². The van der Waals surface area contributed by atoms with Crippen molar-refractivity contribution in [3.8, 4) is 23.7 Å². The fourth-order valence-electron chi connectivity index (χ4n) is 1.45. The van der Waals surface area contributed by atoms with Crippen LogP contribution in [0.1, 0.15) is 31.2 Å². The second-order valence-corrected chi connectivity index (χ2v) is 5.49. The maximum absolute atomic E-state index is 5.88. The van der Waals surface area contributed by atoms with E-state index < -0.39 is 0 Å². The van der Waals surface area contributed by atoms with Crippen molar-refractivity contribution in [2.75, 3.05) is 11.8 Å². The molecule has 0 heterocycles. The van der Waals surface area contributed by atoms with Crippen molar-refractivity contribution < 1.29 is 0 Å². The lowest BCUT2D eigenvalue weighted by Crippen LogP contribution is -1.79. The van der Waals surface area contributed by atoms with E-state index in [0.717, 1.165) is 41.8 Å². The van der Waals surface area contributed by atoms with E-state index in [2.05, 4.69) is 23.7 Å². The molecule has 0 fully saturated rings. The number of allylic oxidation sites excluding steroid dienone is 1. The highest BCUT2D eigenvalue weighted by Crippen LogP contribution is 2.12. The van der Waals surface area contributed by atoms with Crippen molar-refractivity contribution in [1.29, 1.82) is 0 Å². The van der Waals surface area contributed by atoms with Gasteiger partial charge in [-0.05, 0) is 36.6 Å². The van der Waals surface area contributed by atoms with Crippen molar-refractivity contribution >= 4 is 40.9 Å². The van der Waals surface area contributed by atoms with Crippen LogP contribution in [0.5, 0.6) is 0 Å². The molecule has 1 aromatic carbocycles. The Kier molecular flexibility index (Phi) is 9.94.